The molecule has 0 saturated heterocycles. The van der Waals surface area contributed by atoms with Crippen molar-refractivity contribution in [2.45, 2.75) is 0 Å². The Morgan fingerprint density at radius 2 is 1.61 bits per heavy atom. The molecule has 0 aromatic heterocycles. The normalized spacial score (nSPS) is 11.7. The lowest BCUT2D eigenvalue weighted by Crippen LogP contribution is -1.92. The van der Waals surface area contributed by atoms with E-state index in [9.17, 15) is 0 Å². The van der Waals surface area contributed by atoms with E-state index in [1.807, 2.05) is 12.1 Å². The smallest absolute Gasteiger partial charge is 0.138 e. The molecule has 0 atom stereocenters. The van der Waals surface area contributed by atoms with E-state index in [4.69, 9.17) is 46.4 Å². The Bertz CT molecular complexity index is 608. The summed E-state index contributed by atoms with van der Waals surface area (Å²) >= 11 is 24.0. The van der Waals surface area contributed by atoms with Crippen LogP contribution in [0.3, 0.4) is 0 Å². The van der Waals surface area contributed by atoms with E-state index < -0.39 is 0 Å². The third-order valence-electron chi connectivity index (χ3n) is 2.22. The van der Waals surface area contributed by atoms with Gasteiger partial charge < -0.3 is 0 Å². The largest absolute Gasteiger partial charge is 0.234 e. The second-order valence-electron chi connectivity index (χ2n) is 3.48. The van der Waals surface area contributed by atoms with Crippen LogP contribution in [0.15, 0.2) is 47.5 Å². The highest BCUT2D eigenvalue weighted by Crippen LogP contribution is 2.28. The van der Waals surface area contributed by atoms with Crippen molar-refractivity contribution in [2.24, 2.45) is 4.99 Å². The molecule has 0 saturated carbocycles. The Kier molecular flexibility index (Phi) is 4.52. The molecule has 2 aromatic rings. The van der Waals surface area contributed by atoms with E-state index in [2.05, 4.69) is 4.99 Å². The average Bonchev–Trinajstić information content (AvgIpc) is 2.32. The van der Waals surface area contributed by atoms with Crippen molar-refractivity contribution in [3.05, 3.63) is 63.1 Å². The lowest BCUT2D eigenvalue weighted by Gasteiger charge is -2.03. The summed E-state index contributed by atoms with van der Waals surface area (Å²) in [7, 11) is 0. The first-order valence-electron chi connectivity index (χ1n) is 5.02. The van der Waals surface area contributed by atoms with Crippen LogP contribution in [0.1, 0.15) is 5.56 Å². The molecule has 0 radical (unpaired) electrons. The van der Waals surface area contributed by atoms with Crippen LogP contribution in [-0.2, 0) is 0 Å². The number of hydrogen-bond donors (Lipinski definition) is 0. The van der Waals surface area contributed by atoms with Crippen LogP contribution in [0.25, 0.3) is 0 Å². The zero-order valence-electron chi connectivity index (χ0n) is 9.00. The third-order valence-corrected chi connectivity index (χ3v) is 3.38. The minimum atomic E-state index is 0.268. The molecule has 0 aliphatic heterocycles. The highest BCUT2D eigenvalue weighted by molar-refractivity contribution is 6.71. The minimum Gasteiger partial charge on any atom is -0.234 e. The quantitative estimate of drug-likeness (QED) is 0.605. The van der Waals surface area contributed by atoms with Gasteiger partial charge in [-0.2, -0.15) is 0 Å². The first-order valence-corrected chi connectivity index (χ1v) is 6.53. The zero-order valence-corrected chi connectivity index (χ0v) is 12.0. The van der Waals surface area contributed by atoms with Gasteiger partial charge in [0.1, 0.15) is 5.17 Å². The Hall–Kier alpha value is -0.730. The summed E-state index contributed by atoms with van der Waals surface area (Å²) in [6, 6.07) is 12.2. The molecule has 0 N–H and O–H groups in total. The molecular weight excluding hydrogens is 312 g/mol. The minimum absolute atomic E-state index is 0.268. The number of para-hydroxylation sites is 1. The average molecular weight is 319 g/mol. The Morgan fingerprint density at radius 1 is 0.889 bits per heavy atom. The van der Waals surface area contributed by atoms with E-state index in [-0.39, 0.29) is 5.17 Å². The number of hydrogen-bond acceptors (Lipinski definition) is 1. The fraction of sp³-hybridized carbons (Fsp3) is 0. The van der Waals surface area contributed by atoms with Crippen molar-refractivity contribution in [1.29, 1.82) is 0 Å². The molecule has 0 unspecified atom stereocenters. The van der Waals surface area contributed by atoms with Crippen LogP contribution in [0, 0.1) is 0 Å². The number of nitrogens with zero attached hydrogens (tertiary/aromatic N) is 1. The zero-order chi connectivity index (χ0) is 13.1. The molecule has 2 aromatic carbocycles. The van der Waals surface area contributed by atoms with Crippen molar-refractivity contribution >= 4 is 57.3 Å². The van der Waals surface area contributed by atoms with Crippen LogP contribution >= 0.6 is 46.4 Å². The SMILES string of the molecule is ClC(=Nc1ccccc1Cl)c1ccc(Cl)cc1Cl. The summed E-state index contributed by atoms with van der Waals surface area (Å²) in [4.78, 5) is 4.24. The van der Waals surface area contributed by atoms with Crippen molar-refractivity contribution in [3.63, 3.8) is 0 Å². The van der Waals surface area contributed by atoms with Gasteiger partial charge in [0.2, 0.25) is 0 Å². The lowest BCUT2D eigenvalue weighted by molar-refractivity contribution is 1.52. The topological polar surface area (TPSA) is 12.4 Å². The van der Waals surface area contributed by atoms with Gasteiger partial charge in [-0.3, -0.25) is 0 Å². The molecule has 0 aliphatic rings. The second kappa shape index (κ2) is 5.94. The molecule has 0 bridgehead atoms. The van der Waals surface area contributed by atoms with Gasteiger partial charge in [-0.15, -0.1) is 0 Å². The molecular formula is C13H7Cl4N. The maximum absolute atomic E-state index is 6.13. The van der Waals surface area contributed by atoms with Crippen molar-refractivity contribution < 1.29 is 0 Å². The van der Waals surface area contributed by atoms with E-state index in [0.717, 1.165) is 0 Å². The fourth-order valence-corrected chi connectivity index (χ4v) is 2.35. The highest BCUT2D eigenvalue weighted by Gasteiger charge is 2.07. The van der Waals surface area contributed by atoms with Crippen LogP contribution in [-0.4, -0.2) is 5.17 Å². The number of aliphatic imine (C=N–C) groups is 1. The monoisotopic (exact) mass is 317 g/mol. The molecule has 1 nitrogen and oxygen atoms in total. The molecule has 0 heterocycles. The van der Waals surface area contributed by atoms with Gasteiger partial charge in [0.05, 0.1) is 15.7 Å². The van der Waals surface area contributed by atoms with Gasteiger partial charge in [-0.25, -0.2) is 4.99 Å². The van der Waals surface area contributed by atoms with Gasteiger partial charge in [-0.05, 0) is 30.3 Å². The molecule has 0 amide bonds. The first-order chi connectivity index (χ1) is 8.58. The Labute approximate surface area is 125 Å². The molecule has 18 heavy (non-hydrogen) atoms. The van der Waals surface area contributed by atoms with Crippen molar-refractivity contribution in [1.82, 2.24) is 0 Å². The highest BCUT2D eigenvalue weighted by atomic mass is 35.5. The summed E-state index contributed by atoms with van der Waals surface area (Å²) in [6.45, 7) is 0. The second-order valence-corrected chi connectivity index (χ2v) is 5.09. The van der Waals surface area contributed by atoms with E-state index in [0.29, 0.717) is 26.3 Å². The Morgan fingerprint density at radius 3 is 2.28 bits per heavy atom. The molecule has 2 rings (SSSR count). The van der Waals surface area contributed by atoms with Gasteiger partial charge in [0.25, 0.3) is 0 Å². The van der Waals surface area contributed by atoms with Crippen LogP contribution in [0.4, 0.5) is 5.69 Å². The molecule has 5 heteroatoms. The van der Waals surface area contributed by atoms with Gasteiger partial charge in [0, 0.05) is 10.6 Å². The number of halogens is 4. The van der Waals surface area contributed by atoms with Gasteiger partial charge in [-0.1, -0.05) is 58.5 Å². The maximum Gasteiger partial charge on any atom is 0.138 e. The Balaban J connectivity index is 2.42. The van der Waals surface area contributed by atoms with Crippen molar-refractivity contribution in [2.75, 3.05) is 0 Å². The first kappa shape index (κ1) is 13.7. The summed E-state index contributed by atoms with van der Waals surface area (Å²) in [5.74, 6) is 0. The van der Waals surface area contributed by atoms with Gasteiger partial charge in [0.15, 0.2) is 0 Å². The summed E-state index contributed by atoms with van der Waals surface area (Å²) in [6.07, 6.45) is 0. The van der Waals surface area contributed by atoms with E-state index in [1.54, 1.807) is 30.3 Å². The van der Waals surface area contributed by atoms with Crippen LogP contribution in [0.2, 0.25) is 15.1 Å². The van der Waals surface area contributed by atoms with Gasteiger partial charge >= 0.3 is 0 Å². The number of rotatable bonds is 2. The molecule has 92 valence electrons. The summed E-state index contributed by atoms with van der Waals surface area (Å²) in [5, 5.41) is 1.79. The predicted octanol–water partition coefficient (Wildman–Crippen LogP) is 5.96. The summed E-state index contributed by atoms with van der Waals surface area (Å²) in [5.41, 5.74) is 1.21. The standard InChI is InChI=1S/C13H7Cl4N/c14-8-5-6-9(11(16)7-8)13(17)18-12-4-2-1-3-10(12)15/h1-7H. The molecule has 0 spiro atoms. The van der Waals surface area contributed by atoms with Crippen LogP contribution < -0.4 is 0 Å². The molecule has 0 fully saturated rings. The van der Waals surface area contributed by atoms with E-state index in [1.165, 1.54) is 0 Å². The summed E-state index contributed by atoms with van der Waals surface area (Å²) < 4.78 is 0. The third kappa shape index (κ3) is 3.18. The fourth-order valence-electron chi connectivity index (χ4n) is 1.37. The van der Waals surface area contributed by atoms with Crippen molar-refractivity contribution in [3.8, 4) is 0 Å². The maximum atomic E-state index is 6.13. The lowest BCUT2D eigenvalue weighted by atomic mass is 10.2. The van der Waals surface area contributed by atoms with Crippen LogP contribution in [0.5, 0.6) is 0 Å². The number of benzene rings is 2. The van der Waals surface area contributed by atoms with E-state index >= 15 is 0 Å². The molecule has 0 aliphatic carbocycles. The predicted molar refractivity (Wildman–Crippen MR) is 80.0 cm³/mol.